The fourth-order valence-electron chi connectivity index (χ4n) is 5.31. The van der Waals surface area contributed by atoms with Crippen LogP contribution in [0, 0.1) is 17.2 Å². The van der Waals surface area contributed by atoms with E-state index in [1.54, 1.807) is 5.01 Å². The number of carbonyl (C=O) groups excluding carboxylic acids is 1. The number of nitrogens with one attached hydrogen (secondary N) is 2. The van der Waals surface area contributed by atoms with E-state index in [1.165, 1.54) is 38.3 Å². The number of carbonyl (C=O) groups is 1. The first-order valence-corrected chi connectivity index (χ1v) is 13.1. The molecular weight excluding hydrogens is 460 g/mol. The number of hydrogen-bond acceptors (Lipinski definition) is 6. The van der Waals surface area contributed by atoms with Crippen molar-refractivity contribution < 1.29 is 4.79 Å². The molecule has 0 saturated heterocycles. The third kappa shape index (κ3) is 6.31. The molecule has 4 rings (SSSR count). The van der Waals surface area contributed by atoms with Crippen molar-refractivity contribution in [1.29, 1.82) is 5.26 Å². The van der Waals surface area contributed by atoms with E-state index in [-0.39, 0.29) is 23.3 Å². The van der Waals surface area contributed by atoms with E-state index < -0.39 is 0 Å². The van der Waals surface area contributed by atoms with Crippen molar-refractivity contribution in [1.82, 2.24) is 20.7 Å². The van der Waals surface area contributed by atoms with Crippen LogP contribution in [-0.4, -0.2) is 27.5 Å². The molecular formula is C27H35ClN6O. The van der Waals surface area contributed by atoms with Crippen LogP contribution in [-0.2, 0) is 6.54 Å². The smallest absolute Gasteiger partial charge is 0.269 e. The van der Waals surface area contributed by atoms with Crippen molar-refractivity contribution in [2.24, 2.45) is 5.92 Å². The van der Waals surface area contributed by atoms with Crippen LogP contribution in [0.15, 0.2) is 30.5 Å². The van der Waals surface area contributed by atoms with Gasteiger partial charge >= 0.3 is 0 Å². The van der Waals surface area contributed by atoms with Crippen LogP contribution in [0.1, 0.15) is 93.4 Å². The summed E-state index contributed by atoms with van der Waals surface area (Å²) in [6.45, 7) is 5.38. The van der Waals surface area contributed by atoms with Gasteiger partial charge in [-0.3, -0.25) is 15.2 Å². The molecule has 1 heterocycles. The number of halogens is 1. The first-order chi connectivity index (χ1) is 16.9. The maximum Gasteiger partial charge on any atom is 0.269 e. The summed E-state index contributed by atoms with van der Waals surface area (Å²) in [5, 5.41) is 15.0. The first kappa shape index (κ1) is 25.4. The average molecular weight is 495 g/mol. The summed E-state index contributed by atoms with van der Waals surface area (Å²) >= 11 is 6.37. The Bertz CT molecular complexity index is 1050. The molecule has 2 fully saturated rings. The minimum Gasteiger partial charge on any atom is -0.307 e. The third-order valence-corrected chi connectivity index (χ3v) is 7.82. The first-order valence-electron chi connectivity index (χ1n) is 12.7. The average Bonchev–Trinajstić information content (AvgIpc) is 3.42. The van der Waals surface area contributed by atoms with E-state index in [0.717, 1.165) is 37.8 Å². The van der Waals surface area contributed by atoms with Crippen LogP contribution < -0.4 is 15.8 Å². The number of hydrogen-bond donors (Lipinski definition) is 2. The van der Waals surface area contributed by atoms with Gasteiger partial charge in [-0.25, -0.2) is 4.98 Å². The Balaban J connectivity index is 1.43. The number of aromatic nitrogens is 2. The molecule has 2 aliphatic rings. The molecule has 2 N–H and O–H groups in total. The second-order valence-electron chi connectivity index (χ2n) is 10.3. The van der Waals surface area contributed by atoms with Crippen molar-refractivity contribution in [2.45, 2.75) is 89.8 Å². The van der Waals surface area contributed by atoms with Crippen LogP contribution in [0.2, 0.25) is 5.02 Å². The molecule has 0 atom stereocenters. The van der Waals surface area contributed by atoms with Gasteiger partial charge in [0.25, 0.3) is 5.91 Å². The van der Waals surface area contributed by atoms with E-state index in [2.05, 4.69) is 34.6 Å². The molecule has 1 amide bonds. The van der Waals surface area contributed by atoms with E-state index >= 15 is 0 Å². The van der Waals surface area contributed by atoms with Gasteiger partial charge in [-0.15, -0.1) is 0 Å². The molecule has 2 aromatic rings. The van der Waals surface area contributed by atoms with Crippen LogP contribution in [0.25, 0.3) is 0 Å². The zero-order valence-corrected chi connectivity index (χ0v) is 21.4. The molecule has 0 radical (unpaired) electrons. The summed E-state index contributed by atoms with van der Waals surface area (Å²) < 4.78 is 0. The Hall–Kier alpha value is -2.69. The second kappa shape index (κ2) is 11.4. The van der Waals surface area contributed by atoms with Crippen LogP contribution in [0.5, 0.6) is 0 Å². The van der Waals surface area contributed by atoms with Gasteiger partial charge in [0.2, 0.25) is 5.82 Å². The van der Waals surface area contributed by atoms with E-state index in [4.69, 9.17) is 11.6 Å². The Morgan fingerprint density at radius 1 is 1.11 bits per heavy atom. The highest BCUT2D eigenvalue weighted by molar-refractivity contribution is 6.32. The van der Waals surface area contributed by atoms with Gasteiger partial charge in [0.05, 0.1) is 12.2 Å². The van der Waals surface area contributed by atoms with Crippen LogP contribution in [0.4, 0.5) is 5.82 Å². The zero-order chi connectivity index (χ0) is 24.8. The number of benzene rings is 1. The van der Waals surface area contributed by atoms with Gasteiger partial charge in [-0.2, -0.15) is 10.2 Å². The van der Waals surface area contributed by atoms with Gasteiger partial charge in [-0.1, -0.05) is 55.8 Å². The second-order valence-corrected chi connectivity index (χ2v) is 10.7. The summed E-state index contributed by atoms with van der Waals surface area (Å²) in [6.07, 6.45) is 12.0. The van der Waals surface area contributed by atoms with Gasteiger partial charge in [0.1, 0.15) is 11.1 Å². The highest BCUT2D eigenvalue weighted by Crippen LogP contribution is 2.33. The van der Waals surface area contributed by atoms with Crippen molar-refractivity contribution in [2.75, 3.05) is 5.01 Å². The van der Waals surface area contributed by atoms with Crippen LogP contribution >= 0.6 is 11.6 Å². The number of amides is 1. The molecule has 0 spiro atoms. The lowest BCUT2D eigenvalue weighted by atomic mass is 9.76. The normalized spacial score (nSPS) is 17.2. The maximum atomic E-state index is 13.2. The van der Waals surface area contributed by atoms with Crippen molar-refractivity contribution in [3.63, 3.8) is 0 Å². The summed E-state index contributed by atoms with van der Waals surface area (Å²) in [7, 11) is 0. The molecule has 2 aliphatic carbocycles. The lowest BCUT2D eigenvalue weighted by molar-refractivity contribution is 0.0944. The number of nitriles is 1. The van der Waals surface area contributed by atoms with Gasteiger partial charge in [0, 0.05) is 17.6 Å². The predicted molar refractivity (Wildman–Crippen MR) is 138 cm³/mol. The molecule has 35 heavy (non-hydrogen) atoms. The standard InChI is InChI=1S/C27H35ClN6O/c1-27(2,21-8-4-3-5-9-21)31-17-19-12-14-20(15-13-19)26(35)33-34(22-10-6-7-11-22)25-23(28)18-30-24(16-29)32-25/h12-15,18,21-22,31H,3-11,17H2,1-2H3,(H,33,35). The van der Waals surface area contributed by atoms with E-state index in [0.29, 0.717) is 22.3 Å². The fraction of sp³-hybridized carbons (Fsp3) is 0.556. The topological polar surface area (TPSA) is 93.9 Å². The third-order valence-electron chi connectivity index (χ3n) is 7.56. The molecule has 1 aromatic heterocycles. The van der Waals surface area contributed by atoms with Crippen LogP contribution in [0.3, 0.4) is 0 Å². The van der Waals surface area contributed by atoms with Crippen molar-refractivity contribution in [3.8, 4) is 6.07 Å². The van der Waals surface area contributed by atoms with Gasteiger partial charge < -0.3 is 5.32 Å². The van der Waals surface area contributed by atoms with Gasteiger partial charge in [0.15, 0.2) is 5.82 Å². The Morgan fingerprint density at radius 2 is 1.77 bits per heavy atom. The van der Waals surface area contributed by atoms with Crippen molar-refractivity contribution in [3.05, 3.63) is 52.4 Å². The van der Waals surface area contributed by atoms with Crippen molar-refractivity contribution >= 4 is 23.3 Å². The molecule has 186 valence electrons. The molecule has 2 saturated carbocycles. The fourth-order valence-corrected chi connectivity index (χ4v) is 5.49. The zero-order valence-electron chi connectivity index (χ0n) is 20.7. The molecule has 7 nitrogen and oxygen atoms in total. The number of hydrazine groups is 1. The minimum absolute atomic E-state index is 0.0228. The number of rotatable bonds is 8. The lowest BCUT2D eigenvalue weighted by Crippen LogP contribution is -2.48. The lowest BCUT2D eigenvalue weighted by Gasteiger charge is -2.38. The summed E-state index contributed by atoms with van der Waals surface area (Å²) in [4.78, 5) is 21.4. The van der Waals surface area contributed by atoms with Gasteiger partial charge in [-0.05, 0) is 63.1 Å². The quantitative estimate of drug-likeness (QED) is 0.467. The number of nitrogens with zero attached hydrogens (tertiary/aromatic N) is 4. The molecule has 8 heteroatoms. The maximum absolute atomic E-state index is 13.2. The summed E-state index contributed by atoms with van der Waals surface area (Å²) in [5.41, 5.74) is 4.80. The summed E-state index contributed by atoms with van der Waals surface area (Å²) in [6, 6.07) is 9.74. The molecule has 0 bridgehead atoms. The van der Waals surface area contributed by atoms with E-state index in [1.807, 2.05) is 30.3 Å². The SMILES string of the molecule is CC(C)(NCc1ccc(C(=O)NN(c2nc(C#N)ncc2Cl)C2CCCC2)cc1)C1CCCCC1. The highest BCUT2D eigenvalue weighted by atomic mass is 35.5. The van der Waals surface area contributed by atoms with E-state index in [9.17, 15) is 10.1 Å². The Morgan fingerprint density at radius 3 is 2.43 bits per heavy atom. The predicted octanol–water partition coefficient (Wildman–Crippen LogP) is 5.54. The Labute approximate surface area is 213 Å². The molecule has 0 unspecified atom stereocenters. The minimum atomic E-state index is -0.230. The summed E-state index contributed by atoms with van der Waals surface area (Å²) in [5.74, 6) is 0.865. The largest absolute Gasteiger partial charge is 0.307 e. The Kier molecular flexibility index (Phi) is 8.25. The number of anilines is 1. The molecule has 1 aromatic carbocycles. The molecule has 0 aliphatic heterocycles. The monoisotopic (exact) mass is 494 g/mol. The highest BCUT2D eigenvalue weighted by Gasteiger charge is 2.30.